The second kappa shape index (κ2) is 4.43. The van der Waals surface area contributed by atoms with Gasteiger partial charge in [0.15, 0.2) is 0 Å². The molecule has 1 aromatic carbocycles. The molecule has 0 unspecified atom stereocenters. The molecule has 0 aliphatic heterocycles. The summed E-state index contributed by atoms with van der Waals surface area (Å²) in [5, 5.41) is 0. The van der Waals surface area contributed by atoms with Crippen molar-refractivity contribution in [3.63, 3.8) is 0 Å². The van der Waals surface area contributed by atoms with Gasteiger partial charge in [-0.1, -0.05) is 6.07 Å². The molecule has 68 valence electrons. The fourth-order valence-electron chi connectivity index (χ4n) is 1.09. The molecule has 0 bridgehead atoms. The van der Waals surface area contributed by atoms with Crippen molar-refractivity contribution in [3.05, 3.63) is 29.3 Å². The van der Waals surface area contributed by atoms with Crippen LogP contribution in [0.1, 0.15) is 11.1 Å². The minimum atomic E-state index is 0.388. The molecule has 0 amide bonds. The summed E-state index contributed by atoms with van der Waals surface area (Å²) < 4.78 is 5.05. The number of hydrogen-bond donors (Lipinski definition) is 0. The van der Waals surface area contributed by atoms with Crippen molar-refractivity contribution in [2.45, 2.75) is 13.5 Å². The molecule has 0 saturated heterocycles. The van der Waals surface area contributed by atoms with Crippen LogP contribution in [0.15, 0.2) is 23.2 Å². The van der Waals surface area contributed by atoms with Gasteiger partial charge in [0, 0.05) is 0 Å². The predicted octanol–water partition coefficient (Wildman–Crippen LogP) is 1.84. The van der Waals surface area contributed by atoms with Crippen molar-refractivity contribution in [3.8, 4) is 5.75 Å². The average molecular weight is 177 g/mol. The van der Waals surface area contributed by atoms with E-state index in [1.807, 2.05) is 25.1 Å². The molecule has 0 aliphatic rings. The topological polar surface area (TPSA) is 38.7 Å². The summed E-state index contributed by atoms with van der Waals surface area (Å²) in [6.45, 7) is 2.34. The summed E-state index contributed by atoms with van der Waals surface area (Å²) in [7, 11) is 1.62. The largest absolute Gasteiger partial charge is 0.497 e. The Morgan fingerprint density at radius 2 is 2.31 bits per heavy atom. The number of rotatable bonds is 3. The third-order valence-corrected chi connectivity index (χ3v) is 1.86. The Kier molecular flexibility index (Phi) is 3.23. The Bertz CT molecular complexity index is 341. The fourth-order valence-corrected chi connectivity index (χ4v) is 1.09. The number of carbonyl (C=O) groups excluding carboxylic acids is 1. The summed E-state index contributed by atoms with van der Waals surface area (Å²) in [6, 6.07) is 5.66. The number of methoxy groups -OCH3 is 1. The number of nitrogens with zero attached hydrogens (tertiary/aromatic N) is 1. The number of isocyanates is 1. The Hall–Kier alpha value is -1.60. The molecular formula is C10H11NO2. The number of benzene rings is 1. The molecule has 3 heteroatoms. The van der Waals surface area contributed by atoms with Crippen molar-refractivity contribution in [2.75, 3.05) is 7.11 Å². The van der Waals surface area contributed by atoms with Crippen molar-refractivity contribution in [1.29, 1.82) is 0 Å². The van der Waals surface area contributed by atoms with E-state index in [-0.39, 0.29) is 0 Å². The highest BCUT2D eigenvalue weighted by Gasteiger charge is 1.98. The summed E-state index contributed by atoms with van der Waals surface area (Å²) in [4.78, 5) is 13.4. The molecule has 0 aliphatic carbocycles. The van der Waals surface area contributed by atoms with Gasteiger partial charge < -0.3 is 4.74 Å². The van der Waals surface area contributed by atoms with Gasteiger partial charge in [-0.05, 0) is 30.2 Å². The maximum atomic E-state index is 9.90. The van der Waals surface area contributed by atoms with Gasteiger partial charge in [-0.2, -0.15) is 0 Å². The smallest absolute Gasteiger partial charge is 0.235 e. The molecule has 1 aromatic rings. The molecule has 0 aromatic heterocycles. The molecule has 0 heterocycles. The highest BCUT2D eigenvalue weighted by Crippen LogP contribution is 2.17. The number of hydrogen-bond acceptors (Lipinski definition) is 3. The lowest BCUT2D eigenvalue weighted by Gasteiger charge is -2.04. The minimum Gasteiger partial charge on any atom is -0.497 e. The third kappa shape index (κ3) is 2.42. The van der Waals surface area contributed by atoms with Crippen LogP contribution in [-0.4, -0.2) is 13.2 Å². The van der Waals surface area contributed by atoms with Crippen LogP contribution in [0.5, 0.6) is 5.75 Å². The first-order chi connectivity index (χ1) is 6.27. The lowest BCUT2D eigenvalue weighted by Crippen LogP contribution is -1.89. The number of aryl methyl sites for hydroxylation is 1. The zero-order valence-electron chi connectivity index (χ0n) is 7.70. The van der Waals surface area contributed by atoms with Crippen molar-refractivity contribution >= 4 is 6.08 Å². The molecule has 0 radical (unpaired) electrons. The van der Waals surface area contributed by atoms with E-state index in [0.29, 0.717) is 6.54 Å². The molecule has 13 heavy (non-hydrogen) atoms. The summed E-state index contributed by atoms with van der Waals surface area (Å²) in [6.07, 6.45) is 1.52. The number of ether oxygens (including phenoxy) is 1. The first-order valence-corrected chi connectivity index (χ1v) is 3.95. The normalized spacial score (nSPS) is 9.08. The zero-order valence-corrected chi connectivity index (χ0v) is 7.70. The predicted molar refractivity (Wildman–Crippen MR) is 49.6 cm³/mol. The first-order valence-electron chi connectivity index (χ1n) is 3.95. The van der Waals surface area contributed by atoms with E-state index in [9.17, 15) is 4.79 Å². The van der Waals surface area contributed by atoms with E-state index in [2.05, 4.69) is 4.99 Å². The van der Waals surface area contributed by atoms with Gasteiger partial charge in [-0.3, -0.25) is 0 Å². The molecule has 0 saturated carbocycles. The monoisotopic (exact) mass is 177 g/mol. The van der Waals surface area contributed by atoms with E-state index in [0.717, 1.165) is 16.9 Å². The van der Waals surface area contributed by atoms with Gasteiger partial charge >= 0.3 is 0 Å². The van der Waals surface area contributed by atoms with Gasteiger partial charge in [0.2, 0.25) is 6.08 Å². The van der Waals surface area contributed by atoms with Crippen LogP contribution < -0.4 is 4.74 Å². The second-order valence-corrected chi connectivity index (χ2v) is 2.70. The lowest BCUT2D eigenvalue weighted by molar-refractivity contribution is 0.414. The van der Waals surface area contributed by atoms with Crippen LogP contribution in [0.25, 0.3) is 0 Å². The highest BCUT2D eigenvalue weighted by atomic mass is 16.5. The molecule has 3 nitrogen and oxygen atoms in total. The van der Waals surface area contributed by atoms with Gasteiger partial charge in [-0.25, -0.2) is 9.79 Å². The Morgan fingerprint density at radius 1 is 1.54 bits per heavy atom. The Labute approximate surface area is 77.1 Å². The zero-order chi connectivity index (χ0) is 9.68. The van der Waals surface area contributed by atoms with Gasteiger partial charge in [-0.15, -0.1) is 0 Å². The van der Waals surface area contributed by atoms with Crippen molar-refractivity contribution in [2.24, 2.45) is 4.99 Å². The molecule has 0 atom stereocenters. The third-order valence-electron chi connectivity index (χ3n) is 1.86. The standard InChI is InChI=1S/C10H11NO2/c1-8-5-10(13-2)4-3-9(8)6-11-7-12/h3-5H,6H2,1-2H3. The molecule has 0 fully saturated rings. The molecular weight excluding hydrogens is 166 g/mol. The van der Waals surface area contributed by atoms with E-state index in [1.54, 1.807) is 7.11 Å². The van der Waals surface area contributed by atoms with Crippen LogP contribution in [0.4, 0.5) is 0 Å². The molecule has 0 spiro atoms. The Morgan fingerprint density at radius 3 is 2.85 bits per heavy atom. The second-order valence-electron chi connectivity index (χ2n) is 2.70. The Balaban J connectivity index is 2.91. The van der Waals surface area contributed by atoms with E-state index in [4.69, 9.17) is 4.74 Å². The average Bonchev–Trinajstić information content (AvgIpc) is 2.16. The minimum absolute atomic E-state index is 0.388. The van der Waals surface area contributed by atoms with Crippen molar-refractivity contribution in [1.82, 2.24) is 0 Å². The van der Waals surface area contributed by atoms with Crippen LogP contribution in [0, 0.1) is 6.92 Å². The van der Waals surface area contributed by atoms with Crippen LogP contribution in [0.2, 0.25) is 0 Å². The van der Waals surface area contributed by atoms with Crippen LogP contribution >= 0.6 is 0 Å². The molecule has 0 N–H and O–H groups in total. The van der Waals surface area contributed by atoms with E-state index < -0.39 is 0 Å². The number of aliphatic imine (C=N–C) groups is 1. The van der Waals surface area contributed by atoms with E-state index in [1.165, 1.54) is 6.08 Å². The first kappa shape index (κ1) is 9.49. The quantitative estimate of drug-likeness (QED) is 0.522. The summed E-state index contributed by atoms with van der Waals surface area (Å²) in [5.74, 6) is 0.816. The summed E-state index contributed by atoms with van der Waals surface area (Å²) >= 11 is 0. The maximum absolute atomic E-state index is 9.90. The van der Waals surface area contributed by atoms with Gasteiger partial charge in [0.25, 0.3) is 0 Å². The maximum Gasteiger partial charge on any atom is 0.235 e. The highest BCUT2D eigenvalue weighted by molar-refractivity contribution is 5.37. The van der Waals surface area contributed by atoms with Crippen LogP contribution in [0.3, 0.4) is 0 Å². The van der Waals surface area contributed by atoms with E-state index >= 15 is 0 Å². The molecule has 1 rings (SSSR count). The van der Waals surface area contributed by atoms with Gasteiger partial charge in [0.1, 0.15) is 5.75 Å². The SMILES string of the molecule is COc1ccc(CN=C=O)c(C)c1. The fraction of sp³-hybridized carbons (Fsp3) is 0.300. The van der Waals surface area contributed by atoms with Crippen molar-refractivity contribution < 1.29 is 9.53 Å². The van der Waals surface area contributed by atoms with Gasteiger partial charge in [0.05, 0.1) is 13.7 Å². The van der Waals surface area contributed by atoms with Crippen LogP contribution in [-0.2, 0) is 11.3 Å². The lowest BCUT2D eigenvalue weighted by atomic mass is 10.1. The summed E-state index contributed by atoms with van der Waals surface area (Å²) in [5.41, 5.74) is 2.09.